The minimum absolute atomic E-state index is 0.0951. The zero-order valence-electron chi connectivity index (χ0n) is 15.6. The number of aliphatic hydroxyl groups is 2. The van der Waals surface area contributed by atoms with Crippen molar-refractivity contribution in [1.29, 1.82) is 0 Å². The number of aliphatic hydroxyl groups excluding tert-OH is 2. The number of ether oxygens (including phenoxy) is 1. The second kappa shape index (κ2) is 10.2. The summed E-state index contributed by atoms with van der Waals surface area (Å²) in [6.45, 7) is 3.34. The largest absolute Gasteiger partial charge is 0.392 e. The summed E-state index contributed by atoms with van der Waals surface area (Å²) in [5.74, 6) is 0.484. The first-order valence-corrected chi connectivity index (χ1v) is 9.95. The lowest BCUT2D eigenvalue weighted by atomic mass is 9.86. The number of hydrogen-bond acceptors (Lipinski definition) is 4. The van der Waals surface area contributed by atoms with Crippen molar-refractivity contribution in [1.82, 2.24) is 4.90 Å². The third-order valence-electron chi connectivity index (χ3n) is 5.25. The second-order valence-electron chi connectivity index (χ2n) is 7.19. The third kappa shape index (κ3) is 5.77. The van der Waals surface area contributed by atoms with Gasteiger partial charge in [0.05, 0.1) is 25.9 Å². The summed E-state index contributed by atoms with van der Waals surface area (Å²) in [6, 6.07) is 15.7. The maximum atomic E-state index is 10.3. The van der Waals surface area contributed by atoms with Crippen LogP contribution in [0.3, 0.4) is 0 Å². The Morgan fingerprint density at radius 3 is 2.41 bits per heavy atom. The lowest BCUT2D eigenvalue weighted by molar-refractivity contribution is 0.00621. The molecule has 27 heavy (non-hydrogen) atoms. The van der Waals surface area contributed by atoms with Crippen LogP contribution in [0, 0.1) is 0 Å². The van der Waals surface area contributed by atoms with Crippen molar-refractivity contribution in [3.8, 4) is 0 Å². The van der Waals surface area contributed by atoms with Crippen LogP contribution in [0.4, 0.5) is 0 Å². The molecule has 4 nitrogen and oxygen atoms in total. The molecular weight excluding hydrogens is 362 g/mol. The van der Waals surface area contributed by atoms with E-state index in [0.29, 0.717) is 30.7 Å². The van der Waals surface area contributed by atoms with Crippen LogP contribution in [0.5, 0.6) is 0 Å². The second-order valence-corrected chi connectivity index (χ2v) is 7.60. The highest BCUT2D eigenvalue weighted by Gasteiger charge is 2.23. The van der Waals surface area contributed by atoms with Gasteiger partial charge in [-0.15, -0.1) is 0 Å². The average molecular weight is 390 g/mol. The van der Waals surface area contributed by atoms with Crippen LogP contribution in [0.15, 0.2) is 48.5 Å². The van der Waals surface area contributed by atoms with E-state index in [2.05, 4.69) is 11.0 Å². The van der Waals surface area contributed by atoms with Crippen molar-refractivity contribution in [2.24, 2.45) is 0 Å². The first-order chi connectivity index (χ1) is 13.2. The maximum Gasteiger partial charge on any atom is 0.0900 e. The molecule has 1 atom stereocenters. The molecule has 3 rings (SSSR count). The van der Waals surface area contributed by atoms with Crippen LogP contribution in [0.1, 0.15) is 35.4 Å². The van der Waals surface area contributed by atoms with E-state index in [-0.39, 0.29) is 6.61 Å². The fourth-order valence-electron chi connectivity index (χ4n) is 3.77. The number of likely N-dealkylation sites (tertiary alicyclic amines) is 1. The quantitative estimate of drug-likeness (QED) is 0.724. The van der Waals surface area contributed by atoms with Gasteiger partial charge in [-0.25, -0.2) is 0 Å². The van der Waals surface area contributed by atoms with Crippen LogP contribution in [-0.2, 0) is 18.0 Å². The highest BCUT2D eigenvalue weighted by molar-refractivity contribution is 6.31. The van der Waals surface area contributed by atoms with E-state index in [9.17, 15) is 10.2 Å². The number of piperidine rings is 1. The Morgan fingerprint density at radius 1 is 1.04 bits per heavy atom. The van der Waals surface area contributed by atoms with Crippen molar-refractivity contribution in [3.05, 3.63) is 70.2 Å². The molecule has 0 spiro atoms. The summed E-state index contributed by atoms with van der Waals surface area (Å²) in [7, 11) is 0. The minimum Gasteiger partial charge on any atom is -0.392 e. The molecule has 0 radical (unpaired) electrons. The number of benzene rings is 2. The molecular formula is C22H28ClNO3. The molecule has 2 aromatic rings. The van der Waals surface area contributed by atoms with Crippen molar-refractivity contribution >= 4 is 11.6 Å². The topological polar surface area (TPSA) is 52.9 Å². The van der Waals surface area contributed by atoms with Crippen LogP contribution in [0.2, 0.25) is 5.02 Å². The van der Waals surface area contributed by atoms with Crippen LogP contribution in [0.25, 0.3) is 0 Å². The lowest BCUT2D eigenvalue weighted by Crippen LogP contribution is -2.40. The van der Waals surface area contributed by atoms with Crippen molar-refractivity contribution in [3.63, 3.8) is 0 Å². The monoisotopic (exact) mass is 389 g/mol. The predicted octanol–water partition coefficient (Wildman–Crippen LogP) is 3.59. The molecule has 1 saturated heterocycles. The Balaban J connectivity index is 1.40. The summed E-state index contributed by atoms with van der Waals surface area (Å²) >= 11 is 6.11. The van der Waals surface area contributed by atoms with E-state index in [1.807, 2.05) is 42.5 Å². The minimum atomic E-state index is -0.506. The first kappa shape index (κ1) is 20.3. The Hall–Kier alpha value is -1.43. The highest BCUT2D eigenvalue weighted by Crippen LogP contribution is 2.30. The molecule has 2 aromatic carbocycles. The van der Waals surface area contributed by atoms with Gasteiger partial charge in [-0.2, -0.15) is 0 Å². The Morgan fingerprint density at radius 2 is 1.70 bits per heavy atom. The van der Waals surface area contributed by atoms with E-state index >= 15 is 0 Å². The summed E-state index contributed by atoms with van der Waals surface area (Å²) < 4.78 is 5.64. The van der Waals surface area contributed by atoms with Gasteiger partial charge in [0.2, 0.25) is 0 Å². The first-order valence-electron chi connectivity index (χ1n) is 9.57. The van der Waals surface area contributed by atoms with E-state index in [1.54, 1.807) is 0 Å². The van der Waals surface area contributed by atoms with Gasteiger partial charge in [0.25, 0.3) is 0 Å². The fourth-order valence-corrected chi connectivity index (χ4v) is 3.96. The summed E-state index contributed by atoms with van der Waals surface area (Å²) in [4.78, 5) is 2.29. The third-order valence-corrected chi connectivity index (χ3v) is 5.62. The van der Waals surface area contributed by atoms with Crippen LogP contribution < -0.4 is 0 Å². The molecule has 0 amide bonds. The molecule has 5 heteroatoms. The van der Waals surface area contributed by atoms with Crippen molar-refractivity contribution in [2.45, 2.75) is 38.1 Å². The Bertz CT molecular complexity index is 716. The van der Waals surface area contributed by atoms with E-state index in [1.165, 1.54) is 5.56 Å². The molecule has 1 unspecified atom stereocenters. The molecule has 1 heterocycles. The molecule has 2 N–H and O–H groups in total. The van der Waals surface area contributed by atoms with Gasteiger partial charge < -0.3 is 19.8 Å². The van der Waals surface area contributed by atoms with Gasteiger partial charge in [0, 0.05) is 11.6 Å². The zero-order chi connectivity index (χ0) is 19.1. The molecule has 146 valence electrons. The molecule has 1 aliphatic heterocycles. The van der Waals surface area contributed by atoms with E-state index in [0.717, 1.165) is 37.1 Å². The Kier molecular flexibility index (Phi) is 7.68. The average Bonchev–Trinajstić information content (AvgIpc) is 2.70. The molecule has 0 aliphatic carbocycles. The molecule has 1 aliphatic rings. The van der Waals surface area contributed by atoms with Gasteiger partial charge in [-0.3, -0.25) is 0 Å². The Labute approximate surface area is 166 Å². The smallest absolute Gasteiger partial charge is 0.0900 e. The van der Waals surface area contributed by atoms with Crippen LogP contribution >= 0.6 is 11.6 Å². The number of rotatable bonds is 8. The maximum absolute atomic E-state index is 10.3. The molecule has 0 saturated carbocycles. The molecule has 1 fully saturated rings. The predicted molar refractivity (Wildman–Crippen MR) is 108 cm³/mol. The highest BCUT2D eigenvalue weighted by atomic mass is 35.5. The van der Waals surface area contributed by atoms with E-state index in [4.69, 9.17) is 16.3 Å². The van der Waals surface area contributed by atoms with Gasteiger partial charge in [0.15, 0.2) is 0 Å². The van der Waals surface area contributed by atoms with Gasteiger partial charge in [0.1, 0.15) is 0 Å². The van der Waals surface area contributed by atoms with Gasteiger partial charge in [-0.1, -0.05) is 54.1 Å². The zero-order valence-corrected chi connectivity index (χ0v) is 16.3. The standard InChI is InChI=1S/C22H28ClNO3/c23-22-8-4-2-6-19(22)15-27-16-20(26)13-24-11-9-17(10-12-24)21-7-3-1-5-18(21)14-25/h1-8,17,20,25-26H,9-16H2. The van der Waals surface area contributed by atoms with Gasteiger partial charge >= 0.3 is 0 Å². The van der Waals surface area contributed by atoms with Crippen molar-refractivity contribution < 1.29 is 14.9 Å². The van der Waals surface area contributed by atoms with Gasteiger partial charge in [-0.05, 0) is 54.6 Å². The van der Waals surface area contributed by atoms with E-state index < -0.39 is 6.10 Å². The number of hydrogen-bond donors (Lipinski definition) is 2. The fraction of sp³-hybridized carbons (Fsp3) is 0.455. The van der Waals surface area contributed by atoms with Crippen LogP contribution in [-0.4, -0.2) is 47.5 Å². The summed E-state index contributed by atoms with van der Waals surface area (Å²) in [5.41, 5.74) is 3.24. The summed E-state index contributed by atoms with van der Waals surface area (Å²) in [6.07, 6.45) is 1.59. The summed E-state index contributed by atoms with van der Waals surface area (Å²) in [5, 5.41) is 20.5. The number of nitrogens with zero attached hydrogens (tertiary/aromatic N) is 1. The normalized spacial score (nSPS) is 17.1. The number of β-amino-alcohol motifs (C(OH)–C–C–N with tert-alkyl or cyclic N) is 1. The number of halogens is 1. The SMILES string of the molecule is OCc1ccccc1C1CCN(CC(O)COCc2ccccc2Cl)CC1. The molecule has 0 aromatic heterocycles. The lowest BCUT2D eigenvalue weighted by Gasteiger charge is -2.34. The molecule has 0 bridgehead atoms. The van der Waals surface area contributed by atoms with Crippen molar-refractivity contribution in [2.75, 3.05) is 26.2 Å².